The first-order valence-corrected chi connectivity index (χ1v) is 12.5. The second kappa shape index (κ2) is 12.0. The minimum Gasteiger partial charge on any atom is -0.493 e. The molecular formula is C21H26Cl4N2O4S. The third kappa shape index (κ3) is 6.56. The van der Waals surface area contributed by atoms with Gasteiger partial charge in [-0.05, 0) is 61.2 Å². The molecule has 0 aromatic heterocycles. The van der Waals surface area contributed by atoms with Crippen LogP contribution in [0.4, 0.5) is 0 Å². The highest BCUT2D eigenvalue weighted by Crippen LogP contribution is 2.34. The summed E-state index contributed by atoms with van der Waals surface area (Å²) in [7, 11) is -0.533. The van der Waals surface area contributed by atoms with E-state index in [2.05, 4.69) is 9.62 Å². The van der Waals surface area contributed by atoms with E-state index >= 15 is 0 Å². The number of unbranched alkanes of at least 4 members (excludes halogenated alkanes) is 1. The van der Waals surface area contributed by atoms with E-state index in [1.807, 2.05) is 12.1 Å². The lowest BCUT2D eigenvalue weighted by molar-refractivity contribution is 0.248. The van der Waals surface area contributed by atoms with Crippen LogP contribution in [0.25, 0.3) is 0 Å². The molecule has 1 aliphatic heterocycles. The van der Waals surface area contributed by atoms with Crippen molar-refractivity contribution in [3.63, 3.8) is 0 Å². The van der Waals surface area contributed by atoms with Crippen LogP contribution in [0.1, 0.15) is 24.0 Å². The minimum absolute atomic E-state index is 0. The van der Waals surface area contributed by atoms with Crippen molar-refractivity contribution in [2.75, 3.05) is 33.9 Å². The first kappa shape index (κ1) is 27.3. The molecule has 0 aliphatic carbocycles. The van der Waals surface area contributed by atoms with Crippen molar-refractivity contribution in [1.82, 2.24) is 9.62 Å². The molecule has 0 amide bonds. The Bertz CT molecular complexity index is 1030. The van der Waals surface area contributed by atoms with Crippen LogP contribution in [0.5, 0.6) is 11.5 Å². The fourth-order valence-electron chi connectivity index (χ4n) is 3.66. The summed E-state index contributed by atoms with van der Waals surface area (Å²) in [5, 5.41) is 0.293. The van der Waals surface area contributed by atoms with E-state index in [9.17, 15) is 8.42 Å². The Labute approximate surface area is 210 Å². The van der Waals surface area contributed by atoms with Crippen molar-refractivity contribution >= 4 is 57.2 Å². The van der Waals surface area contributed by atoms with Gasteiger partial charge in [0.1, 0.15) is 4.90 Å². The van der Waals surface area contributed by atoms with Gasteiger partial charge in [0.25, 0.3) is 0 Å². The lowest BCUT2D eigenvalue weighted by Crippen LogP contribution is -2.32. The summed E-state index contributed by atoms with van der Waals surface area (Å²) < 4.78 is 38.4. The van der Waals surface area contributed by atoms with Crippen LogP contribution in [0.3, 0.4) is 0 Å². The van der Waals surface area contributed by atoms with E-state index in [4.69, 9.17) is 44.3 Å². The molecule has 11 heteroatoms. The number of ether oxygens (including phenoxy) is 2. The summed E-state index contributed by atoms with van der Waals surface area (Å²) in [6.45, 7) is 2.95. The Morgan fingerprint density at radius 3 is 2.16 bits per heavy atom. The summed E-state index contributed by atoms with van der Waals surface area (Å²) in [6, 6.07) is 6.81. The highest BCUT2D eigenvalue weighted by atomic mass is 35.5. The summed E-state index contributed by atoms with van der Waals surface area (Å²) in [4.78, 5) is 2.22. The number of sulfonamides is 1. The molecule has 1 heterocycles. The summed E-state index contributed by atoms with van der Waals surface area (Å²) in [5.74, 6) is 1.49. The number of halogens is 4. The molecule has 0 saturated carbocycles. The topological polar surface area (TPSA) is 67.9 Å². The number of hydrogen-bond donors (Lipinski definition) is 1. The SMILES string of the molecule is COc1cc2c(cc1OC)CN(CCCCNS(=O)(=O)c1c(Cl)cc(Cl)cc1Cl)CC2.Cl. The molecule has 0 saturated heterocycles. The molecule has 0 fully saturated rings. The average molecular weight is 544 g/mol. The smallest absolute Gasteiger partial charge is 0.243 e. The van der Waals surface area contributed by atoms with Gasteiger partial charge < -0.3 is 9.47 Å². The zero-order valence-electron chi connectivity index (χ0n) is 17.8. The van der Waals surface area contributed by atoms with Crippen LogP contribution in [0.2, 0.25) is 15.1 Å². The molecule has 0 radical (unpaired) electrons. The number of fused-ring (bicyclic) bond motifs is 1. The largest absolute Gasteiger partial charge is 0.493 e. The minimum atomic E-state index is -3.81. The van der Waals surface area contributed by atoms with E-state index in [-0.39, 0.29) is 32.4 Å². The standard InChI is InChI=1S/C21H25Cl3N2O4S.ClH/c1-29-19-9-14-5-8-26(13-15(14)10-20(19)30-2)7-4-3-6-25-31(27,28)21-17(23)11-16(22)12-18(21)24;/h9-12,25H,3-8,13H2,1-2H3;1H. The van der Waals surface area contributed by atoms with Crippen LogP contribution in [0.15, 0.2) is 29.2 Å². The van der Waals surface area contributed by atoms with Crippen molar-refractivity contribution < 1.29 is 17.9 Å². The molecule has 0 spiro atoms. The summed E-state index contributed by atoms with van der Waals surface area (Å²) in [5.41, 5.74) is 2.51. The highest BCUT2D eigenvalue weighted by Gasteiger charge is 2.22. The Balaban J connectivity index is 0.00000363. The van der Waals surface area contributed by atoms with Crippen LogP contribution >= 0.6 is 47.2 Å². The lowest BCUT2D eigenvalue weighted by atomic mass is 9.98. The van der Waals surface area contributed by atoms with Gasteiger partial charge in [0.05, 0.1) is 24.3 Å². The Hall–Kier alpha value is -0.930. The number of hydrogen-bond acceptors (Lipinski definition) is 5. The Morgan fingerprint density at radius 1 is 0.969 bits per heavy atom. The van der Waals surface area contributed by atoms with Crippen molar-refractivity contribution in [1.29, 1.82) is 0 Å². The van der Waals surface area contributed by atoms with Crippen LogP contribution < -0.4 is 14.2 Å². The molecule has 2 aromatic carbocycles. The van der Waals surface area contributed by atoms with Crippen LogP contribution in [-0.4, -0.2) is 47.2 Å². The average Bonchev–Trinajstić information content (AvgIpc) is 2.71. The maximum atomic E-state index is 12.5. The van der Waals surface area contributed by atoms with E-state index in [0.29, 0.717) is 13.0 Å². The molecule has 0 atom stereocenters. The van der Waals surface area contributed by atoms with Gasteiger partial charge in [-0.3, -0.25) is 4.90 Å². The summed E-state index contributed by atoms with van der Waals surface area (Å²) >= 11 is 17.9. The molecule has 32 heavy (non-hydrogen) atoms. The van der Waals surface area contributed by atoms with Crippen molar-refractivity contribution in [2.45, 2.75) is 30.7 Å². The lowest BCUT2D eigenvalue weighted by Gasteiger charge is -2.29. The van der Waals surface area contributed by atoms with E-state index in [1.165, 1.54) is 23.3 Å². The van der Waals surface area contributed by atoms with Crippen LogP contribution in [0, 0.1) is 0 Å². The second-order valence-corrected chi connectivity index (χ2v) is 10.3. The molecule has 6 nitrogen and oxygen atoms in total. The number of nitrogens with one attached hydrogen (secondary N) is 1. The third-order valence-corrected chi connectivity index (χ3v) is 7.82. The van der Waals surface area contributed by atoms with Gasteiger partial charge in [0.15, 0.2) is 11.5 Å². The molecule has 0 unspecified atom stereocenters. The van der Waals surface area contributed by atoms with E-state index in [0.717, 1.165) is 44.0 Å². The van der Waals surface area contributed by atoms with Gasteiger partial charge in [-0.2, -0.15) is 0 Å². The molecule has 2 aromatic rings. The van der Waals surface area contributed by atoms with Gasteiger partial charge in [-0.1, -0.05) is 34.8 Å². The molecule has 178 valence electrons. The number of methoxy groups -OCH3 is 2. The van der Waals surface area contributed by atoms with Crippen molar-refractivity contribution in [3.8, 4) is 11.5 Å². The van der Waals surface area contributed by atoms with Gasteiger partial charge in [0, 0.05) is 24.7 Å². The maximum Gasteiger partial charge on any atom is 0.243 e. The van der Waals surface area contributed by atoms with E-state index in [1.54, 1.807) is 14.2 Å². The predicted molar refractivity (Wildman–Crippen MR) is 132 cm³/mol. The molecule has 1 aliphatic rings. The van der Waals surface area contributed by atoms with Crippen molar-refractivity contribution in [2.24, 2.45) is 0 Å². The number of benzene rings is 2. The molecule has 1 N–H and O–H groups in total. The molecule has 3 rings (SSSR count). The van der Waals surface area contributed by atoms with Gasteiger partial charge in [-0.15, -0.1) is 12.4 Å². The number of rotatable bonds is 9. The fourth-order valence-corrected chi connectivity index (χ4v) is 6.27. The molecule has 0 bridgehead atoms. The summed E-state index contributed by atoms with van der Waals surface area (Å²) in [6.07, 6.45) is 2.49. The maximum absolute atomic E-state index is 12.5. The quantitative estimate of drug-likeness (QED) is 0.440. The van der Waals surface area contributed by atoms with E-state index < -0.39 is 10.0 Å². The third-order valence-electron chi connectivity index (χ3n) is 5.22. The van der Waals surface area contributed by atoms with Crippen LogP contribution in [-0.2, 0) is 23.0 Å². The van der Waals surface area contributed by atoms with Gasteiger partial charge >= 0.3 is 0 Å². The zero-order valence-corrected chi connectivity index (χ0v) is 21.7. The molecular weight excluding hydrogens is 518 g/mol. The van der Waals surface area contributed by atoms with Crippen molar-refractivity contribution in [3.05, 3.63) is 50.5 Å². The zero-order chi connectivity index (χ0) is 22.6. The normalized spacial score (nSPS) is 13.9. The Kier molecular flexibility index (Phi) is 10.2. The number of nitrogens with zero attached hydrogens (tertiary/aromatic N) is 1. The second-order valence-electron chi connectivity index (χ2n) is 7.31. The Morgan fingerprint density at radius 2 is 1.56 bits per heavy atom. The first-order chi connectivity index (χ1) is 14.7. The monoisotopic (exact) mass is 542 g/mol. The predicted octanol–water partition coefficient (Wildman–Crippen LogP) is 5.20. The first-order valence-electron chi connectivity index (χ1n) is 9.85. The fraction of sp³-hybridized carbons (Fsp3) is 0.429. The van der Waals surface area contributed by atoms with Gasteiger partial charge in [0.2, 0.25) is 10.0 Å². The van der Waals surface area contributed by atoms with Gasteiger partial charge in [-0.25, -0.2) is 13.1 Å². The highest BCUT2D eigenvalue weighted by molar-refractivity contribution is 7.89.